The number of aryl methyl sites for hydroxylation is 1. The minimum atomic E-state index is -0.0656. The molecule has 0 amide bonds. The minimum Gasteiger partial charge on any atom is -0.324 e. The van der Waals surface area contributed by atoms with Gasteiger partial charge in [0.15, 0.2) is 0 Å². The molecular weight excluding hydrogens is 254 g/mol. The predicted molar refractivity (Wildman–Crippen MR) is 79.2 cm³/mol. The van der Waals surface area contributed by atoms with Gasteiger partial charge in [-0.15, -0.1) is 11.3 Å². The van der Waals surface area contributed by atoms with Gasteiger partial charge in [0.1, 0.15) is 0 Å². The zero-order valence-electron chi connectivity index (χ0n) is 10.7. The van der Waals surface area contributed by atoms with E-state index in [2.05, 4.69) is 33.5 Å². The Morgan fingerprint density at radius 2 is 2.11 bits per heavy atom. The second-order valence-corrected chi connectivity index (χ2v) is 5.56. The number of benzene rings is 1. The second kappa shape index (κ2) is 5.07. The quantitative estimate of drug-likeness (QED) is 0.794. The Labute approximate surface area is 116 Å². The average molecular weight is 269 g/mol. The summed E-state index contributed by atoms with van der Waals surface area (Å²) in [6.45, 7) is 2.00. The maximum absolute atomic E-state index is 6.33. The van der Waals surface area contributed by atoms with Gasteiger partial charge in [0, 0.05) is 35.1 Å². The van der Waals surface area contributed by atoms with E-state index in [0.717, 1.165) is 33.6 Å². The highest BCUT2D eigenvalue weighted by atomic mass is 32.1. The molecule has 2 heterocycles. The van der Waals surface area contributed by atoms with Crippen molar-refractivity contribution >= 4 is 22.2 Å². The number of thiazole rings is 1. The summed E-state index contributed by atoms with van der Waals surface area (Å²) in [6, 6.07) is 10.1. The minimum absolute atomic E-state index is 0.0656. The summed E-state index contributed by atoms with van der Waals surface area (Å²) in [7, 11) is 0. The van der Waals surface area contributed by atoms with Gasteiger partial charge in [0.25, 0.3) is 0 Å². The van der Waals surface area contributed by atoms with E-state index in [1.54, 1.807) is 11.3 Å². The maximum Gasteiger partial charge on any atom is 0.0947 e. The molecule has 1 aromatic carbocycles. The Balaban J connectivity index is 1.95. The Morgan fingerprint density at radius 1 is 1.26 bits per heavy atom. The van der Waals surface area contributed by atoms with Crippen molar-refractivity contribution in [2.75, 3.05) is 0 Å². The van der Waals surface area contributed by atoms with E-state index in [1.165, 1.54) is 0 Å². The molecule has 1 unspecified atom stereocenters. The van der Waals surface area contributed by atoms with Crippen molar-refractivity contribution in [3.63, 3.8) is 0 Å². The van der Waals surface area contributed by atoms with Crippen LogP contribution in [0.4, 0.5) is 0 Å². The van der Waals surface area contributed by atoms with Crippen molar-refractivity contribution < 1.29 is 0 Å². The highest BCUT2D eigenvalue weighted by Gasteiger charge is 2.13. The highest BCUT2D eigenvalue weighted by molar-refractivity contribution is 7.09. The van der Waals surface area contributed by atoms with Crippen molar-refractivity contribution in [3.05, 3.63) is 58.2 Å². The van der Waals surface area contributed by atoms with Crippen LogP contribution in [0.25, 0.3) is 10.9 Å². The van der Waals surface area contributed by atoms with Gasteiger partial charge in [-0.2, -0.15) is 0 Å². The van der Waals surface area contributed by atoms with E-state index in [9.17, 15) is 0 Å². The molecule has 96 valence electrons. The molecule has 19 heavy (non-hydrogen) atoms. The van der Waals surface area contributed by atoms with Crippen molar-refractivity contribution in [3.8, 4) is 0 Å². The van der Waals surface area contributed by atoms with E-state index in [-0.39, 0.29) is 6.04 Å². The summed E-state index contributed by atoms with van der Waals surface area (Å²) in [6.07, 6.45) is 2.57. The number of aromatic nitrogens is 2. The zero-order chi connectivity index (χ0) is 13.2. The van der Waals surface area contributed by atoms with Crippen LogP contribution in [0.2, 0.25) is 0 Å². The lowest BCUT2D eigenvalue weighted by Crippen LogP contribution is -2.14. The number of hydrogen-bond acceptors (Lipinski definition) is 4. The van der Waals surface area contributed by atoms with Gasteiger partial charge >= 0.3 is 0 Å². The molecule has 1 atom stereocenters. The van der Waals surface area contributed by atoms with Gasteiger partial charge in [-0.3, -0.25) is 4.98 Å². The first kappa shape index (κ1) is 12.3. The van der Waals surface area contributed by atoms with Gasteiger partial charge in [-0.1, -0.05) is 24.3 Å². The molecule has 0 aliphatic rings. The molecule has 2 aromatic heterocycles. The maximum atomic E-state index is 6.33. The van der Waals surface area contributed by atoms with Crippen LogP contribution in [0.5, 0.6) is 0 Å². The average Bonchev–Trinajstić information content (AvgIpc) is 2.83. The molecule has 0 aliphatic heterocycles. The van der Waals surface area contributed by atoms with Crippen molar-refractivity contribution in [1.29, 1.82) is 0 Å². The SMILES string of the molecule is Cc1csc(CC(N)c2cccc3cccnc23)n1. The third-order valence-electron chi connectivity index (χ3n) is 3.12. The predicted octanol–water partition coefficient (Wildman–Crippen LogP) is 3.24. The Kier molecular flexibility index (Phi) is 3.27. The third kappa shape index (κ3) is 2.50. The molecule has 0 saturated heterocycles. The molecule has 0 spiro atoms. The van der Waals surface area contributed by atoms with Gasteiger partial charge in [-0.25, -0.2) is 4.98 Å². The van der Waals surface area contributed by atoms with Crippen molar-refractivity contribution in [1.82, 2.24) is 9.97 Å². The van der Waals surface area contributed by atoms with Gasteiger partial charge < -0.3 is 5.73 Å². The van der Waals surface area contributed by atoms with Crippen LogP contribution in [0, 0.1) is 6.92 Å². The molecule has 0 saturated carbocycles. The molecule has 3 aromatic rings. The lowest BCUT2D eigenvalue weighted by Gasteiger charge is -2.12. The van der Waals surface area contributed by atoms with Crippen LogP contribution in [0.15, 0.2) is 41.9 Å². The normalized spacial score (nSPS) is 12.7. The molecule has 0 bridgehead atoms. The number of para-hydroxylation sites is 1. The molecule has 0 aliphatic carbocycles. The number of rotatable bonds is 3. The third-order valence-corrected chi connectivity index (χ3v) is 4.11. The smallest absolute Gasteiger partial charge is 0.0947 e. The second-order valence-electron chi connectivity index (χ2n) is 4.62. The summed E-state index contributed by atoms with van der Waals surface area (Å²) in [5, 5.41) is 4.27. The largest absolute Gasteiger partial charge is 0.324 e. The topological polar surface area (TPSA) is 51.8 Å². The van der Waals surface area contributed by atoms with E-state index in [1.807, 2.05) is 25.3 Å². The Bertz CT molecular complexity index is 700. The highest BCUT2D eigenvalue weighted by Crippen LogP contribution is 2.24. The first-order valence-corrected chi connectivity index (χ1v) is 7.12. The lowest BCUT2D eigenvalue weighted by atomic mass is 10.0. The Hall–Kier alpha value is -1.78. The molecular formula is C15H15N3S. The van der Waals surface area contributed by atoms with E-state index in [4.69, 9.17) is 5.73 Å². The van der Waals surface area contributed by atoms with Crippen LogP contribution in [-0.2, 0) is 6.42 Å². The summed E-state index contributed by atoms with van der Waals surface area (Å²) in [5.74, 6) is 0. The summed E-state index contributed by atoms with van der Waals surface area (Å²) >= 11 is 1.67. The summed E-state index contributed by atoms with van der Waals surface area (Å²) in [5.41, 5.74) is 9.47. The fourth-order valence-corrected chi connectivity index (χ4v) is 3.05. The van der Waals surface area contributed by atoms with Crippen LogP contribution in [0.1, 0.15) is 22.3 Å². The van der Waals surface area contributed by atoms with E-state index >= 15 is 0 Å². The van der Waals surface area contributed by atoms with Gasteiger partial charge in [0.05, 0.1) is 10.5 Å². The van der Waals surface area contributed by atoms with Gasteiger partial charge in [-0.05, 0) is 18.6 Å². The van der Waals surface area contributed by atoms with E-state index < -0.39 is 0 Å². The monoisotopic (exact) mass is 269 g/mol. The van der Waals surface area contributed by atoms with Crippen LogP contribution < -0.4 is 5.73 Å². The molecule has 0 radical (unpaired) electrons. The summed E-state index contributed by atoms with van der Waals surface area (Å²) < 4.78 is 0. The van der Waals surface area contributed by atoms with Crippen LogP contribution in [0.3, 0.4) is 0 Å². The lowest BCUT2D eigenvalue weighted by molar-refractivity contribution is 0.721. The number of pyridine rings is 1. The van der Waals surface area contributed by atoms with Crippen molar-refractivity contribution in [2.45, 2.75) is 19.4 Å². The molecule has 0 fully saturated rings. The van der Waals surface area contributed by atoms with Gasteiger partial charge in [0.2, 0.25) is 0 Å². The number of hydrogen-bond donors (Lipinski definition) is 1. The standard InChI is InChI=1S/C15H15N3S/c1-10-9-19-14(18-10)8-13(16)12-6-2-4-11-5-3-7-17-15(11)12/h2-7,9,13H,8,16H2,1H3. The first-order valence-electron chi connectivity index (χ1n) is 6.24. The zero-order valence-corrected chi connectivity index (χ0v) is 11.5. The summed E-state index contributed by atoms with van der Waals surface area (Å²) in [4.78, 5) is 8.93. The number of nitrogens with zero attached hydrogens (tertiary/aromatic N) is 2. The Morgan fingerprint density at radius 3 is 2.89 bits per heavy atom. The first-order chi connectivity index (χ1) is 9.24. The molecule has 4 heteroatoms. The number of nitrogens with two attached hydrogens (primary N) is 1. The molecule has 2 N–H and O–H groups in total. The number of fused-ring (bicyclic) bond motifs is 1. The van der Waals surface area contributed by atoms with E-state index in [0.29, 0.717) is 0 Å². The molecule has 3 rings (SSSR count). The van der Waals surface area contributed by atoms with Crippen LogP contribution in [-0.4, -0.2) is 9.97 Å². The van der Waals surface area contributed by atoms with Crippen molar-refractivity contribution in [2.24, 2.45) is 5.73 Å². The fraction of sp³-hybridized carbons (Fsp3) is 0.200. The fourth-order valence-electron chi connectivity index (χ4n) is 2.22. The molecule has 3 nitrogen and oxygen atoms in total. The van der Waals surface area contributed by atoms with Crippen LogP contribution >= 0.6 is 11.3 Å².